The molecule has 1 aliphatic rings. The molecule has 0 unspecified atom stereocenters. The molecular weight excluding hydrogens is 364 g/mol. The molecule has 0 saturated carbocycles. The van der Waals surface area contributed by atoms with Crippen LogP contribution >= 0.6 is 11.3 Å². The summed E-state index contributed by atoms with van der Waals surface area (Å²) in [5.74, 6) is 1.09. The Morgan fingerprint density at radius 2 is 2.22 bits per heavy atom. The molecule has 1 aliphatic heterocycles. The van der Waals surface area contributed by atoms with Crippen molar-refractivity contribution in [2.24, 2.45) is 5.92 Å². The highest BCUT2D eigenvalue weighted by Crippen LogP contribution is 2.47. The Morgan fingerprint density at radius 1 is 1.48 bits per heavy atom. The van der Waals surface area contributed by atoms with Gasteiger partial charge >= 0.3 is 5.97 Å². The highest BCUT2D eigenvalue weighted by atomic mass is 32.1. The molecule has 1 fully saturated rings. The Labute approximate surface area is 163 Å². The summed E-state index contributed by atoms with van der Waals surface area (Å²) in [6.07, 6.45) is 2.98. The highest BCUT2D eigenvalue weighted by molar-refractivity contribution is 7.09. The third-order valence-electron chi connectivity index (χ3n) is 4.54. The number of hydrogen-bond donors (Lipinski definition) is 1. The van der Waals surface area contributed by atoms with E-state index in [0.29, 0.717) is 30.5 Å². The Bertz CT molecular complexity index is 781. The first-order valence-corrected chi connectivity index (χ1v) is 10.2. The Hall–Kier alpha value is -1.80. The zero-order valence-corrected chi connectivity index (χ0v) is 17.6. The van der Waals surface area contributed by atoms with Crippen LogP contribution in [-0.2, 0) is 9.53 Å². The third-order valence-corrected chi connectivity index (χ3v) is 5.40. The maximum atomic E-state index is 13.2. The molecule has 1 saturated heterocycles. The number of nitrogens with one attached hydrogen (secondary N) is 1. The number of ether oxygens (including phenoxy) is 1. The number of rotatable bonds is 5. The number of aromatic nitrogens is 3. The van der Waals surface area contributed by atoms with Gasteiger partial charge < -0.3 is 9.26 Å². The molecule has 148 valence electrons. The molecule has 1 N–H and O–H groups in total. The number of esters is 1. The summed E-state index contributed by atoms with van der Waals surface area (Å²) >= 11 is 1.56. The van der Waals surface area contributed by atoms with Gasteiger partial charge in [-0.25, -0.2) is 4.98 Å². The van der Waals surface area contributed by atoms with Gasteiger partial charge in [0.15, 0.2) is 5.82 Å². The number of nitrogens with zero attached hydrogens (tertiary/aromatic N) is 3. The maximum Gasteiger partial charge on any atom is 0.326 e. The van der Waals surface area contributed by atoms with Crippen molar-refractivity contribution < 1.29 is 14.1 Å². The van der Waals surface area contributed by atoms with E-state index in [-0.39, 0.29) is 17.9 Å². The van der Waals surface area contributed by atoms with Crippen LogP contribution in [0.2, 0.25) is 0 Å². The van der Waals surface area contributed by atoms with Crippen LogP contribution < -0.4 is 5.32 Å². The van der Waals surface area contributed by atoms with E-state index in [1.165, 1.54) is 0 Å². The number of thiazole rings is 1. The SMILES string of the molecule is Cc1nc([C@@H]2C[C@@](CC(C)C)(C(=O)OC(C)(C)C)N[C@H]2c2nccs2)no1. The molecule has 3 rings (SSSR count). The van der Waals surface area contributed by atoms with Crippen molar-refractivity contribution in [1.82, 2.24) is 20.4 Å². The summed E-state index contributed by atoms with van der Waals surface area (Å²) in [7, 11) is 0. The van der Waals surface area contributed by atoms with Gasteiger partial charge in [0.2, 0.25) is 5.89 Å². The first kappa shape index (κ1) is 19.9. The molecule has 0 aromatic carbocycles. The zero-order valence-electron chi connectivity index (χ0n) is 16.8. The number of carbonyl (C=O) groups excluding carboxylic acids is 1. The van der Waals surface area contributed by atoms with Crippen LogP contribution in [0.1, 0.15) is 76.1 Å². The first-order chi connectivity index (χ1) is 12.6. The van der Waals surface area contributed by atoms with Crippen molar-refractivity contribution in [2.75, 3.05) is 0 Å². The number of aryl methyl sites for hydroxylation is 1. The molecule has 0 radical (unpaired) electrons. The molecule has 8 heteroatoms. The van der Waals surface area contributed by atoms with Crippen LogP contribution in [0.15, 0.2) is 16.1 Å². The number of carbonyl (C=O) groups is 1. The van der Waals surface area contributed by atoms with Crippen LogP contribution in [0, 0.1) is 12.8 Å². The van der Waals surface area contributed by atoms with Crippen molar-refractivity contribution in [3.05, 3.63) is 28.3 Å². The van der Waals surface area contributed by atoms with Gasteiger partial charge in [0.05, 0.1) is 6.04 Å². The molecule has 27 heavy (non-hydrogen) atoms. The van der Waals surface area contributed by atoms with Gasteiger partial charge in [-0.2, -0.15) is 4.98 Å². The smallest absolute Gasteiger partial charge is 0.326 e. The lowest BCUT2D eigenvalue weighted by molar-refractivity contribution is -0.163. The van der Waals surface area contributed by atoms with Gasteiger partial charge in [-0.15, -0.1) is 11.3 Å². The van der Waals surface area contributed by atoms with Crippen LogP contribution in [-0.4, -0.2) is 32.2 Å². The fraction of sp³-hybridized carbons (Fsp3) is 0.684. The van der Waals surface area contributed by atoms with Gasteiger partial charge in [-0.1, -0.05) is 19.0 Å². The van der Waals surface area contributed by atoms with Crippen LogP contribution in [0.3, 0.4) is 0 Å². The summed E-state index contributed by atoms with van der Waals surface area (Å²) in [5, 5.41) is 10.6. The monoisotopic (exact) mass is 392 g/mol. The average molecular weight is 393 g/mol. The van der Waals surface area contributed by atoms with E-state index >= 15 is 0 Å². The summed E-state index contributed by atoms with van der Waals surface area (Å²) in [4.78, 5) is 22.2. The third kappa shape index (κ3) is 4.38. The summed E-state index contributed by atoms with van der Waals surface area (Å²) in [5.41, 5.74) is -1.36. The summed E-state index contributed by atoms with van der Waals surface area (Å²) in [6, 6.07) is -0.159. The average Bonchev–Trinajstić information content (AvgIpc) is 3.23. The second kappa shape index (κ2) is 7.31. The van der Waals surface area contributed by atoms with Crippen molar-refractivity contribution in [2.45, 2.75) is 77.5 Å². The maximum absolute atomic E-state index is 13.2. The van der Waals surface area contributed by atoms with Crippen LogP contribution in [0.5, 0.6) is 0 Å². The predicted molar refractivity (Wildman–Crippen MR) is 102 cm³/mol. The largest absolute Gasteiger partial charge is 0.459 e. The normalized spacial score (nSPS) is 25.9. The Balaban J connectivity index is 2.00. The van der Waals surface area contributed by atoms with E-state index in [2.05, 4.69) is 34.3 Å². The lowest BCUT2D eigenvalue weighted by Crippen LogP contribution is -2.52. The van der Waals surface area contributed by atoms with E-state index in [1.807, 2.05) is 26.2 Å². The van der Waals surface area contributed by atoms with E-state index in [9.17, 15) is 4.79 Å². The van der Waals surface area contributed by atoms with Crippen molar-refractivity contribution in [3.8, 4) is 0 Å². The quantitative estimate of drug-likeness (QED) is 0.774. The van der Waals surface area contributed by atoms with Gasteiger partial charge in [0.25, 0.3) is 0 Å². The summed E-state index contributed by atoms with van der Waals surface area (Å²) in [6.45, 7) is 11.7. The molecule has 7 nitrogen and oxygen atoms in total. The molecule has 2 aromatic rings. The van der Waals surface area contributed by atoms with Gasteiger partial charge in [-0.3, -0.25) is 10.1 Å². The van der Waals surface area contributed by atoms with Crippen molar-refractivity contribution in [3.63, 3.8) is 0 Å². The molecule has 0 aliphatic carbocycles. The Kier molecular flexibility index (Phi) is 5.40. The molecule has 0 amide bonds. The molecule has 3 heterocycles. The molecule has 0 bridgehead atoms. The number of hydrogen-bond acceptors (Lipinski definition) is 8. The highest BCUT2D eigenvalue weighted by Gasteiger charge is 2.54. The lowest BCUT2D eigenvalue weighted by atomic mass is 9.84. The lowest BCUT2D eigenvalue weighted by Gasteiger charge is -2.33. The minimum Gasteiger partial charge on any atom is -0.459 e. The van der Waals surface area contributed by atoms with Gasteiger partial charge in [0.1, 0.15) is 16.1 Å². The van der Waals surface area contributed by atoms with Crippen molar-refractivity contribution >= 4 is 17.3 Å². The van der Waals surface area contributed by atoms with Crippen LogP contribution in [0.25, 0.3) is 0 Å². The second-order valence-electron chi connectivity index (χ2n) is 8.66. The van der Waals surface area contributed by atoms with E-state index < -0.39 is 11.1 Å². The molecule has 0 spiro atoms. The molecular formula is C19H28N4O3S. The van der Waals surface area contributed by atoms with Crippen molar-refractivity contribution in [1.29, 1.82) is 0 Å². The van der Waals surface area contributed by atoms with Crippen LogP contribution in [0.4, 0.5) is 0 Å². The molecule has 3 atom stereocenters. The molecule has 2 aromatic heterocycles. The minimum absolute atomic E-state index is 0.111. The van der Waals surface area contributed by atoms with E-state index in [1.54, 1.807) is 24.5 Å². The fourth-order valence-corrected chi connectivity index (χ4v) is 4.47. The standard InChI is InChI=1S/C19H28N4O3S/c1-11(2)9-19(17(24)25-18(4,5)6)10-13(15-21-12(3)26-23-15)14(22-19)16-20-7-8-27-16/h7-8,11,13-14,22H,9-10H2,1-6H3/t13-,14-,19+/m1/s1. The van der Waals surface area contributed by atoms with E-state index in [4.69, 9.17) is 9.26 Å². The Morgan fingerprint density at radius 3 is 2.74 bits per heavy atom. The van der Waals surface area contributed by atoms with Gasteiger partial charge in [0, 0.05) is 24.4 Å². The first-order valence-electron chi connectivity index (χ1n) is 9.30. The topological polar surface area (TPSA) is 90.1 Å². The fourth-order valence-electron chi connectivity index (χ4n) is 3.72. The minimum atomic E-state index is -0.809. The second-order valence-corrected chi connectivity index (χ2v) is 9.58. The predicted octanol–water partition coefficient (Wildman–Crippen LogP) is 3.78. The summed E-state index contributed by atoms with van der Waals surface area (Å²) < 4.78 is 11.0. The van der Waals surface area contributed by atoms with Gasteiger partial charge in [-0.05, 0) is 39.5 Å². The van der Waals surface area contributed by atoms with E-state index in [0.717, 1.165) is 5.01 Å². The zero-order chi connectivity index (χ0) is 19.8.